The van der Waals surface area contributed by atoms with Gasteiger partial charge in [0.2, 0.25) is 0 Å². The van der Waals surface area contributed by atoms with Crippen LogP contribution in [0.5, 0.6) is 28.7 Å². The van der Waals surface area contributed by atoms with Gasteiger partial charge in [-0.3, -0.25) is 14.4 Å². The number of ether oxygens (including phenoxy) is 3. The molecule has 5 rings (SSSR count). The molecule has 0 saturated heterocycles. The fraction of sp³-hybridized carbons (Fsp3) is 0.303. The van der Waals surface area contributed by atoms with Crippen LogP contribution in [-0.2, 0) is 10.2 Å². The number of rotatable bonds is 6. The largest absolute Gasteiger partial charge is 0.508 e. The van der Waals surface area contributed by atoms with E-state index in [9.17, 15) is 24.9 Å². The summed E-state index contributed by atoms with van der Waals surface area (Å²) in [6.07, 6.45) is -0.487. The van der Waals surface area contributed by atoms with Crippen molar-refractivity contribution >= 4 is 46.3 Å². The van der Waals surface area contributed by atoms with Gasteiger partial charge in [-0.2, -0.15) is 0 Å². The summed E-state index contributed by atoms with van der Waals surface area (Å²) < 4.78 is 16.7. The van der Waals surface area contributed by atoms with Crippen LogP contribution in [0.2, 0.25) is 10.0 Å². The van der Waals surface area contributed by atoms with Gasteiger partial charge in [0.1, 0.15) is 45.3 Å². The quantitative estimate of drug-likeness (QED) is 0.259. The molecule has 0 aromatic heterocycles. The van der Waals surface area contributed by atoms with Crippen LogP contribution in [0.15, 0.2) is 29.8 Å². The van der Waals surface area contributed by atoms with E-state index in [1.54, 1.807) is 26.8 Å². The summed E-state index contributed by atoms with van der Waals surface area (Å²) in [6.45, 7) is 6.24. The topological polar surface area (TPSA) is 140 Å². The number of fused-ring (bicyclic) bond motifs is 3. The van der Waals surface area contributed by atoms with Gasteiger partial charge in [-0.05, 0) is 43.2 Å². The lowest BCUT2D eigenvalue weighted by molar-refractivity contribution is -0.119. The van der Waals surface area contributed by atoms with Gasteiger partial charge >= 0.3 is 0 Å². The SMILES string of the molecule is COc1cc(C)c(-c2cc(OC)c(Cl)c3c2C(O)=C2C(=O)c4c(O)cc(O)cc4C(C)(C)C2(CC(C)=O)C3=O)c(OC)c1Cl. The van der Waals surface area contributed by atoms with Gasteiger partial charge in [0.25, 0.3) is 0 Å². The molecule has 0 spiro atoms. The van der Waals surface area contributed by atoms with Crippen LogP contribution in [0.3, 0.4) is 0 Å². The molecule has 3 aromatic carbocycles. The lowest BCUT2D eigenvalue weighted by atomic mass is 9.47. The van der Waals surface area contributed by atoms with Crippen molar-refractivity contribution in [1.82, 2.24) is 0 Å². The Bertz CT molecular complexity index is 1850. The monoisotopic (exact) mass is 640 g/mol. The van der Waals surface area contributed by atoms with E-state index in [4.69, 9.17) is 37.4 Å². The number of aryl methyl sites for hydroxylation is 1. The number of Topliss-reactive ketones (excluding diaryl/α,β-unsaturated/α-hetero) is 3. The molecule has 0 heterocycles. The molecule has 0 saturated carbocycles. The number of aliphatic hydroxyl groups excluding tert-OH is 1. The van der Waals surface area contributed by atoms with Gasteiger partial charge in [0.05, 0.1) is 48.5 Å². The smallest absolute Gasteiger partial charge is 0.197 e. The molecule has 3 N–H and O–H groups in total. The van der Waals surface area contributed by atoms with E-state index in [0.29, 0.717) is 16.9 Å². The molecule has 0 radical (unpaired) electrons. The fourth-order valence-electron chi connectivity index (χ4n) is 6.86. The molecular formula is C33H30Cl2O9. The zero-order valence-corrected chi connectivity index (χ0v) is 26.6. The Kier molecular flexibility index (Phi) is 7.42. The number of aromatic hydroxyl groups is 2. The number of phenols is 2. The molecule has 1 unspecified atom stereocenters. The first kappa shape index (κ1) is 31.2. The molecule has 9 nitrogen and oxygen atoms in total. The lowest BCUT2D eigenvalue weighted by Gasteiger charge is -2.52. The minimum Gasteiger partial charge on any atom is -0.508 e. The van der Waals surface area contributed by atoms with Crippen LogP contribution in [0.4, 0.5) is 0 Å². The first-order valence-electron chi connectivity index (χ1n) is 13.5. The molecule has 44 heavy (non-hydrogen) atoms. The Morgan fingerprint density at radius 3 is 2.02 bits per heavy atom. The Morgan fingerprint density at radius 1 is 0.841 bits per heavy atom. The number of hydrogen-bond acceptors (Lipinski definition) is 9. The molecule has 0 fully saturated rings. The lowest BCUT2D eigenvalue weighted by Crippen LogP contribution is -2.56. The maximum absolute atomic E-state index is 15.1. The van der Waals surface area contributed by atoms with Gasteiger partial charge < -0.3 is 29.5 Å². The molecule has 3 aromatic rings. The number of allylic oxidation sites excluding steroid dienone is 1. The summed E-state index contributed by atoms with van der Waals surface area (Å²) in [6, 6.07) is 5.43. The predicted molar refractivity (Wildman–Crippen MR) is 165 cm³/mol. The minimum atomic E-state index is -1.98. The highest BCUT2D eigenvalue weighted by Gasteiger charge is 2.64. The first-order valence-corrected chi connectivity index (χ1v) is 14.3. The van der Waals surface area contributed by atoms with Gasteiger partial charge in [-0.1, -0.05) is 37.0 Å². The number of aliphatic hydroxyl groups is 1. The second-order valence-corrected chi connectivity index (χ2v) is 12.2. The van der Waals surface area contributed by atoms with Crippen LogP contribution in [0.1, 0.15) is 64.6 Å². The van der Waals surface area contributed by atoms with E-state index in [1.165, 1.54) is 40.4 Å². The van der Waals surface area contributed by atoms with E-state index in [0.717, 1.165) is 6.07 Å². The Labute approximate surface area is 263 Å². The number of benzene rings is 3. The Balaban J connectivity index is 2.04. The van der Waals surface area contributed by atoms with Crippen LogP contribution >= 0.6 is 23.2 Å². The fourth-order valence-corrected chi connectivity index (χ4v) is 7.48. The van der Waals surface area contributed by atoms with Crippen molar-refractivity contribution in [3.05, 3.63) is 67.7 Å². The molecular weight excluding hydrogens is 611 g/mol. The van der Waals surface area contributed by atoms with E-state index >= 15 is 4.79 Å². The maximum atomic E-state index is 15.1. The predicted octanol–water partition coefficient (Wildman–Crippen LogP) is 7.01. The number of carbonyl (C=O) groups excluding carboxylic acids is 3. The van der Waals surface area contributed by atoms with E-state index < -0.39 is 46.1 Å². The van der Waals surface area contributed by atoms with Crippen LogP contribution < -0.4 is 14.2 Å². The van der Waals surface area contributed by atoms with Crippen molar-refractivity contribution in [2.24, 2.45) is 5.41 Å². The summed E-state index contributed by atoms with van der Waals surface area (Å²) in [4.78, 5) is 42.4. The third kappa shape index (κ3) is 3.95. The molecule has 11 heteroatoms. The van der Waals surface area contributed by atoms with E-state index in [1.807, 2.05) is 0 Å². The molecule has 2 aliphatic carbocycles. The summed E-state index contributed by atoms with van der Waals surface area (Å²) in [5, 5.41) is 33.5. The summed E-state index contributed by atoms with van der Waals surface area (Å²) in [5.41, 5.74) is -2.98. The summed E-state index contributed by atoms with van der Waals surface area (Å²) in [5.74, 6) is -2.97. The van der Waals surface area contributed by atoms with Crippen molar-refractivity contribution in [2.75, 3.05) is 21.3 Å². The average molecular weight is 642 g/mol. The average Bonchev–Trinajstić information content (AvgIpc) is 2.94. The van der Waals surface area contributed by atoms with Crippen molar-refractivity contribution in [2.45, 2.75) is 39.5 Å². The zero-order chi connectivity index (χ0) is 32.6. The highest BCUT2D eigenvalue weighted by molar-refractivity contribution is 6.39. The summed E-state index contributed by atoms with van der Waals surface area (Å²) in [7, 11) is 4.20. The number of carbonyl (C=O) groups is 3. The van der Waals surface area contributed by atoms with Crippen molar-refractivity contribution in [3.8, 4) is 39.9 Å². The van der Waals surface area contributed by atoms with E-state index in [2.05, 4.69) is 0 Å². The number of phenolic OH excluding ortho intramolecular Hbond substituents is 2. The highest BCUT2D eigenvalue weighted by Crippen LogP contribution is 2.63. The Morgan fingerprint density at radius 2 is 1.45 bits per heavy atom. The molecule has 0 aliphatic heterocycles. The molecule has 2 aliphatic rings. The number of halogens is 2. The molecule has 230 valence electrons. The minimum absolute atomic E-state index is 0.0759. The maximum Gasteiger partial charge on any atom is 0.197 e. The number of ketones is 3. The van der Waals surface area contributed by atoms with Crippen molar-refractivity contribution in [3.63, 3.8) is 0 Å². The van der Waals surface area contributed by atoms with Crippen molar-refractivity contribution in [1.29, 1.82) is 0 Å². The highest BCUT2D eigenvalue weighted by atomic mass is 35.5. The van der Waals surface area contributed by atoms with Crippen LogP contribution in [0.25, 0.3) is 16.9 Å². The van der Waals surface area contributed by atoms with Gasteiger partial charge in [0.15, 0.2) is 11.6 Å². The standard InChI is InChI=1S/C33H30Cl2O9/c1-13-8-19(42-5)27(35)30(44-7)21(13)16-11-20(43-6)26(34)24-22(16)28(39)25-29(40)23-17(9-15(37)10-18(23)38)32(3,4)33(25,31(24)41)12-14(2)36/h8-11,37-39H,12H2,1-7H3. The number of hydrogen-bond donors (Lipinski definition) is 3. The van der Waals surface area contributed by atoms with Gasteiger partial charge in [-0.25, -0.2) is 0 Å². The first-order chi connectivity index (χ1) is 20.6. The molecule has 0 amide bonds. The summed E-state index contributed by atoms with van der Waals surface area (Å²) >= 11 is 13.5. The van der Waals surface area contributed by atoms with Crippen molar-refractivity contribution < 1.29 is 43.9 Å². The molecule has 0 bridgehead atoms. The van der Waals surface area contributed by atoms with E-state index in [-0.39, 0.29) is 60.7 Å². The normalized spacial score (nSPS) is 18.4. The third-order valence-corrected chi connectivity index (χ3v) is 9.59. The van der Waals surface area contributed by atoms with Gasteiger partial charge in [-0.15, -0.1) is 0 Å². The second-order valence-electron chi connectivity index (χ2n) is 11.5. The number of methoxy groups -OCH3 is 3. The van der Waals surface area contributed by atoms with Gasteiger partial charge in [0, 0.05) is 34.6 Å². The van der Waals surface area contributed by atoms with Crippen LogP contribution in [0, 0.1) is 12.3 Å². The Hall–Kier alpha value is -4.21. The van der Waals surface area contributed by atoms with Crippen LogP contribution in [-0.4, -0.2) is 54.0 Å². The molecule has 1 atom stereocenters. The second kappa shape index (κ2) is 10.5. The zero-order valence-electron chi connectivity index (χ0n) is 25.1. The third-order valence-electron chi connectivity index (χ3n) is 8.85.